The molecule has 0 aliphatic heterocycles. The molecular weight excluding hydrogens is 204 g/mol. The second kappa shape index (κ2) is 8.07. The Labute approximate surface area is 97.0 Å². The predicted octanol–water partition coefficient (Wildman–Crippen LogP) is 1.26. The lowest BCUT2D eigenvalue weighted by atomic mass is 10.1. The Balaban J connectivity index is 2.16. The van der Waals surface area contributed by atoms with E-state index in [0.717, 1.165) is 38.3 Å². The molecule has 0 radical (unpaired) electrons. The van der Waals surface area contributed by atoms with E-state index in [1.54, 1.807) is 20.4 Å². The van der Waals surface area contributed by atoms with Crippen LogP contribution in [0.3, 0.4) is 0 Å². The summed E-state index contributed by atoms with van der Waals surface area (Å²) in [7, 11) is 3.37. The molecule has 1 N–H and O–H groups in total. The van der Waals surface area contributed by atoms with Crippen LogP contribution in [-0.2, 0) is 11.2 Å². The third-order valence-electron chi connectivity index (χ3n) is 2.31. The van der Waals surface area contributed by atoms with Crippen LogP contribution in [0.15, 0.2) is 18.5 Å². The number of nitrogens with one attached hydrogen (secondary N) is 1. The Hall–Kier alpha value is -1.13. The number of aryl methyl sites for hydroxylation is 1. The zero-order valence-electron chi connectivity index (χ0n) is 10.0. The topological polar surface area (TPSA) is 43.4 Å². The summed E-state index contributed by atoms with van der Waals surface area (Å²) < 4.78 is 10.1. The average Bonchev–Trinajstić information content (AvgIpc) is 2.34. The fourth-order valence-electron chi connectivity index (χ4n) is 1.43. The van der Waals surface area contributed by atoms with Gasteiger partial charge in [-0.15, -0.1) is 0 Å². The van der Waals surface area contributed by atoms with E-state index in [1.165, 1.54) is 5.56 Å². The Bertz CT molecular complexity index is 292. The van der Waals surface area contributed by atoms with E-state index in [1.807, 2.05) is 12.3 Å². The fraction of sp³-hybridized carbons (Fsp3) is 0.583. The van der Waals surface area contributed by atoms with Crippen LogP contribution in [0, 0.1) is 0 Å². The number of hydrogen-bond donors (Lipinski definition) is 1. The van der Waals surface area contributed by atoms with Gasteiger partial charge in [0.1, 0.15) is 5.75 Å². The lowest BCUT2D eigenvalue weighted by Gasteiger charge is -2.05. The van der Waals surface area contributed by atoms with Crippen LogP contribution in [0.1, 0.15) is 12.0 Å². The van der Waals surface area contributed by atoms with Crippen molar-refractivity contribution in [3.8, 4) is 5.75 Å². The maximum Gasteiger partial charge on any atom is 0.137 e. The number of aromatic nitrogens is 1. The van der Waals surface area contributed by atoms with Gasteiger partial charge in [-0.3, -0.25) is 4.98 Å². The number of nitrogens with zero attached hydrogens (tertiary/aromatic N) is 1. The van der Waals surface area contributed by atoms with Crippen LogP contribution in [0.5, 0.6) is 5.75 Å². The molecule has 16 heavy (non-hydrogen) atoms. The van der Waals surface area contributed by atoms with Crippen LogP contribution >= 0.6 is 0 Å². The molecule has 0 aromatic carbocycles. The summed E-state index contributed by atoms with van der Waals surface area (Å²) in [6.07, 6.45) is 5.72. The van der Waals surface area contributed by atoms with Crippen LogP contribution in [-0.4, -0.2) is 38.9 Å². The molecule has 0 fully saturated rings. The van der Waals surface area contributed by atoms with Crippen molar-refractivity contribution < 1.29 is 9.47 Å². The van der Waals surface area contributed by atoms with Crippen molar-refractivity contribution in [3.63, 3.8) is 0 Å². The van der Waals surface area contributed by atoms with E-state index < -0.39 is 0 Å². The normalized spacial score (nSPS) is 10.4. The van der Waals surface area contributed by atoms with Crippen molar-refractivity contribution in [2.45, 2.75) is 12.8 Å². The quantitative estimate of drug-likeness (QED) is 0.675. The number of pyridine rings is 1. The Morgan fingerprint density at radius 2 is 2.12 bits per heavy atom. The fourth-order valence-corrected chi connectivity index (χ4v) is 1.43. The third-order valence-corrected chi connectivity index (χ3v) is 2.31. The molecule has 0 atom stereocenters. The molecule has 1 aromatic heterocycles. The Morgan fingerprint density at radius 3 is 2.88 bits per heavy atom. The molecule has 4 heteroatoms. The van der Waals surface area contributed by atoms with Crippen molar-refractivity contribution in [3.05, 3.63) is 24.0 Å². The molecule has 1 aromatic rings. The Kier molecular flexibility index (Phi) is 6.53. The molecule has 1 heterocycles. The van der Waals surface area contributed by atoms with E-state index in [0.29, 0.717) is 0 Å². The minimum absolute atomic E-state index is 0.765. The first kappa shape index (κ1) is 12.9. The third kappa shape index (κ3) is 5.09. The molecule has 0 aliphatic carbocycles. The summed E-state index contributed by atoms with van der Waals surface area (Å²) in [6.45, 7) is 2.67. The molecule has 0 amide bonds. The first-order valence-corrected chi connectivity index (χ1v) is 5.54. The summed E-state index contributed by atoms with van der Waals surface area (Å²) >= 11 is 0. The highest BCUT2D eigenvalue weighted by Gasteiger charge is 1.96. The predicted molar refractivity (Wildman–Crippen MR) is 63.9 cm³/mol. The largest absolute Gasteiger partial charge is 0.495 e. The zero-order chi connectivity index (χ0) is 11.6. The lowest BCUT2D eigenvalue weighted by molar-refractivity contribution is 0.199. The summed E-state index contributed by atoms with van der Waals surface area (Å²) in [4.78, 5) is 4.12. The first-order chi connectivity index (χ1) is 7.86. The zero-order valence-corrected chi connectivity index (χ0v) is 10.0. The van der Waals surface area contributed by atoms with E-state index >= 15 is 0 Å². The van der Waals surface area contributed by atoms with Crippen molar-refractivity contribution in [1.29, 1.82) is 0 Å². The number of hydrogen-bond acceptors (Lipinski definition) is 4. The molecule has 90 valence electrons. The highest BCUT2D eigenvalue weighted by molar-refractivity contribution is 5.23. The van der Waals surface area contributed by atoms with Gasteiger partial charge in [0.25, 0.3) is 0 Å². The average molecular weight is 224 g/mol. The SMILES string of the molecule is COCCNCCCc1cncc(OC)c1. The highest BCUT2D eigenvalue weighted by Crippen LogP contribution is 2.11. The van der Waals surface area contributed by atoms with Gasteiger partial charge in [-0.2, -0.15) is 0 Å². The number of ether oxygens (including phenoxy) is 2. The smallest absolute Gasteiger partial charge is 0.137 e. The molecule has 0 saturated heterocycles. The summed E-state index contributed by atoms with van der Waals surface area (Å²) in [5, 5.41) is 3.31. The van der Waals surface area contributed by atoms with Crippen molar-refractivity contribution in [2.24, 2.45) is 0 Å². The van der Waals surface area contributed by atoms with Crippen LogP contribution in [0.2, 0.25) is 0 Å². The first-order valence-electron chi connectivity index (χ1n) is 5.54. The molecule has 0 aliphatic rings. The van der Waals surface area contributed by atoms with Gasteiger partial charge in [-0.25, -0.2) is 0 Å². The van der Waals surface area contributed by atoms with E-state index in [2.05, 4.69) is 10.3 Å². The minimum atomic E-state index is 0.765. The van der Waals surface area contributed by atoms with E-state index in [4.69, 9.17) is 9.47 Å². The van der Waals surface area contributed by atoms with Gasteiger partial charge in [-0.05, 0) is 31.0 Å². The van der Waals surface area contributed by atoms with Crippen molar-refractivity contribution >= 4 is 0 Å². The van der Waals surface area contributed by atoms with E-state index in [-0.39, 0.29) is 0 Å². The maximum atomic E-state index is 5.12. The molecule has 0 spiro atoms. The maximum absolute atomic E-state index is 5.12. The van der Waals surface area contributed by atoms with Crippen LogP contribution in [0.25, 0.3) is 0 Å². The van der Waals surface area contributed by atoms with Gasteiger partial charge in [0.15, 0.2) is 0 Å². The summed E-state index contributed by atoms with van der Waals surface area (Å²) in [5.41, 5.74) is 1.22. The number of methoxy groups -OCH3 is 2. The lowest BCUT2D eigenvalue weighted by Crippen LogP contribution is -2.20. The van der Waals surface area contributed by atoms with Gasteiger partial charge in [0.05, 0.1) is 19.9 Å². The molecule has 0 bridgehead atoms. The van der Waals surface area contributed by atoms with Gasteiger partial charge >= 0.3 is 0 Å². The van der Waals surface area contributed by atoms with Crippen LogP contribution in [0.4, 0.5) is 0 Å². The monoisotopic (exact) mass is 224 g/mol. The molecule has 1 rings (SSSR count). The molecular formula is C12H20N2O2. The van der Waals surface area contributed by atoms with Gasteiger partial charge in [0, 0.05) is 19.9 Å². The van der Waals surface area contributed by atoms with Gasteiger partial charge in [0.2, 0.25) is 0 Å². The number of rotatable bonds is 8. The van der Waals surface area contributed by atoms with Gasteiger partial charge < -0.3 is 14.8 Å². The molecule has 0 saturated carbocycles. The standard InChI is InChI=1S/C12H20N2O2/c1-15-7-6-13-5-3-4-11-8-12(16-2)10-14-9-11/h8-10,13H,3-7H2,1-2H3. The molecule has 4 nitrogen and oxygen atoms in total. The second-order valence-electron chi connectivity index (χ2n) is 3.58. The second-order valence-corrected chi connectivity index (χ2v) is 3.58. The van der Waals surface area contributed by atoms with Crippen molar-refractivity contribution in [1.82, 2.24) is 10.3 Å². The Morgan fingerprint density at radius 1 is 1.25 bits per heavy atom. The minimum Gasteiger partial charge on any atom is -0.495 e. The molecule has 0 unspecified atom stereocenters. The van der Waals surface area contributed by atoms with Crippen LogP contribution < -0.4 is 10.1 Å². The van der Waals surface area contributed by atoms with E-state index in [9.17, 15) is 0 Å². The van der Waals surface area contributed by atoms with Crippen molar-refractivity contribution in [2.75, 3.05) is 33.9 Å². The summed E-state index contributed by atoms with van der Waals surface area (Å²) in [6, 6.07) is 2.03. The summed E-state index contributed by atoms with van der Waals surface area (Å²) in [5.74, 6) is 0.824. The highest BCUT2D eigenvalue weighted by atomic mass is 16.5. The van der Waals surface area contributed by atoms with Gasteiger partial charge in [-0.1, -0.05) is 0 Å².